The molecule has 1 aromatic carbocycles. The van der Waals surface area contributed by atoms with Gasteiger partial charge >= 0.3 is 0 Å². The number of aryl methyl sites for hydroxylation is 1. The molecule has 1 saturated carbocycles. The number of nitrogens with zero attached hydrogens (tertiary/aromatic N) is 2. The summed E-state index contributed by atoms with van der Waals surface area (Å²) in [5, 5.41) is 3.47. The van der Waals surface area contributed by atoms with Crippen molar-refractivity contribution in [3.05, 3.63) is 47.3 Å². The highest BCUT2D eigenvalue weighted by Gasteiger charge is 2.26. The summed E-state index contributed by atoms with van der Waals surface area (Å²) < 4.78 is 2.29. The second kappa shape index (κ2) is 5.31. The van der Waals surface area contributed by atoms with E-state index in [-0.39, 0.29) is 0 Å². The monoisotopic (exact) mass is 269 g/mol. The van der Waals surface area contributed by atoms with Crippen molar-refractivity contribution in [1.29, 1.82) is 0 Å². The molecule has 0 unspecified atom stereocenters. The summed E-state index contributed by atoms with van der Waals surface area (Å²) >= 11 is 0. The molecule has 106 valence electrons. The quantitative estimate of drug-likeness (QED) is 0.878. The summed E-state index contributed by atoms with van der Waals surface area (Å²) in [6, 6.07) is 9.53. The molecule has 1 N–H and O–H groups in total. The van der Waals surface area contributed by atoms with Crippen LogP contribution in [0.25, 0.3) is 0 Å². The molecule has 2 aromatic rings. The smallest absolute Gasteiger partial charge is 0.203 e. The van der Waals surface area contributed by atoms with Gasteiger partial charge in [-0.25, -0.2) is 4.98 Å². The number of nitrogens with one attached hydrogen (secondary N) is 1. The van der Waals surface area contributed by atoms with Gasteiger partial charge in [0.05, 0.1) is 5.69 Å². The molecule has 3 rings (SSSR count). The third-order valence-electron chi connectivity index (χ3n) is 3.89. The third-order valence-corrected chi connectivity index (χ3v) is 3.89. The summed E-state index contributed by atoms with van der Waals surface area (Å²) in [4.78, 5) is 4.58. The first-order valence-electron chi connectivity index (χ1n) is 7.51. The minimum Gasteiger partial charge on any atom is -0.352 e. The molecule has 0 amide bonds. The SMILES string of the molecule is Cc1cn(C2CC2)c(NCc2ccc(C(C)C)cc2)n1. The number of hydrogen-bond donors (Lipinski definition) is 1. The largest absolute Gasteiger partial charge is 0.352 e. The molecule has 0 spiro atoms. The second-order valence-electron chi connectivity index (χ2n) is 6.09. The Labute approximate surface area is 121 Å². The Morgan fingerprint density at radius 3 is 2.55 bits per heavy atom. The number of rotatable bonds is 5. The van der Waals surface area contributed by atoms with Crippen LogP contribution in [0.2, 0.25) is 0 Å². The van der Waals surface area contributed by atoms with Gasteiger partial charge in [0.15, 0.2) is 0 Å². The maximum atomic E-state index is 4.58. The van der Waals surface area contributed by atoms with Gasteiger partial charge in [0, 0.05) is 18.8 Å². The van der Waals surface area contributed by atoms with E-state index >= 15 is 0 Å². The first-order valence-corrected chi connectivity index (χ1v) is 7.51. The number of hydrogen-bond acceptors (Lipinski definition) is 2. The highest BCUT2D eigenvalue weighted by molar-refractivity contribution is 5.33. The number of aromatic nitrogens is 2. The van der Waals surface area contributed by atoms with Crippen LogP contribution in [0.4, 0.5) is 5.95 Å². The lowest BCUT2D eigenvalue weighted by molar-refractivity contribution is 0.742. The van der Waals surface area contributed by atoms with E-state index in [0.717, 1.165) is 18.2 Å². The van der Waals surface area contributed by atoms with Crippen molar-refractivity contribution in [2.24, 2.45) is 0 Å². The van der Waals surface area contributed by atoms with E-state index in [1.165, 1.54) is 24.0 Å². The minimum absolute atomic E-state index is 0.591. The van der Waals surface area contributed by atoms with Crippen LogP contribution in [0.15, 0.2) is 30.5 Å². The van der Waals surface area contributed by atoms with Gasteiger partial charge in [-0.05, 0) is 36.8 Å². The lowest BCUT2D eigenvalue weighted by Crippen LogP contribution is -2.06. The van der Waals surface area contributed by atoms with Crippen LogP contribution in [0, 0.1) is 6.92 Å². The first kappa shape index (κ1) is 13.2. The zero-order valence-corrected chi connectivity index (χ0v) is 12.6. The molecule has 1 aliphatic carbocycles. The fraction of sp³-hybridized carbons (Fsp3) is 0.471. The van der Waals surface area contributed by atoms with Crippen LogP contribution < -0.4 is 5.32 Å². The van der Waals surface area contributed by atoms with E-state index in [1.54, 1.807) is 0 Å². The Kier molecular flexibility index (Phi) is 3.51. The molecule has 3 heteroatoms. The lowest BCUT2D eigenvalue weighted by atomic mass is 10.0. The molecule has 0 radical (unpaired) electrons. The molecule has 0 aliphatic heterocycles. The van der Waals surface area contributed by atoms with E-state index in [4.69, 9.17) is 0 Å². The first-order chi connectivity index (χ1) is 9.63. The van der Waals surface area contributed by atoms with E-state index in [9.17, 15) is 0 Å². The fourth-order valence-corrected chi connectivity index (χ4v) is 2.48. The highest BCUT2D eigenvalue weighted by atomic mass is 15.2. The van der Waals surface area contributed by atoms with Gasteiger partial charge in [-0.15, -0.1) is 0 Å². The predicted octanol–water partition coefficient (Wildman–Crippen LogP) is 4.26. The number of imidazole rings is 1. The van der Waals surface area contributed by atoms with Crippen molar-refractivity contribution in [3.63, 3.8) is 0 Å². The van der Waals surface area contributed by atoms with Crippen molar-refractivity contribution in [2.75, 3.05) is 5.32 Å². The molecule has 1 fully saturated rings. The van der Waals surface area contributed by atoms with Crippen LogP contribution in [-0.4, -0.2) is 9.55 Å². The summed E-state index contributed by atoms with van der Waals surface area (Å²) in [6.45, 7) is 7.34. The van der Waals surface area contributed by atoms with Crippen molar-refractivity contribution in [2.45, 2.75) is 52.1 Å². The van der Waals surface area contributed by atoms with Crippen LogP contribution in [0.3, 0.4) is 0 Å². The second-order valence-corrected chi connectivity index (χ2v) is 6.09. The van der Waals surface area contributed by atoms with Crippen molar-refractivity contribution in [3.8, 4) is 0 Å². The molecule has 0 atom stereocenters. The number of anilines is 1. The highest BCUT2D eigenvalue weighted by Crippen LogP contribution is 2.37. The normalized spacial score (nSPS) is 14.8. The Balaban J connectivity index is 1.67. The summed E-state index contributed by atoms with van der Waals surface area (Å²) in [5.74, 6) is 1.60. The van der Waals surface area contributed by atoms with Gasteiger partial charge in [0.25, 0.3) is 0 Å². The Morgan fingerprint density at radius 1 is 1.25 bits per heavy atom. The molecule has 1 aromatic heterocycles. The summed E-state index contributed by atoms with van der Waals surface area (Å²) in [7, 11) is 0. The molecule has 1 heterocycles. The van der Waals surface area contributed by atoms with E-state index in [1.807, 2.05) is 0 Å². The minimum atomic E-state index is 0.591. The zero-order valence-electron chi connectivity index (χ0n) is 12.6. The van der Waals surface area contributed by atoms with Crippen LogP contribution in [0.5, 0.6) is 0 Å². The van der Waals surface area contributed by atoms with E-state index in [2.05, 4.69) is 66.1 Å². The molecule has 3 nitrogen and oxygen atoms in total. The molecular weight excluding hydrogens is 246 g/mol. The van der Waals surface area contributed by atoms with Gasteiger partial charge in [0.2, 0.25) is 5.95 Å². The molecule has 1 aliphatic rings. The Morgan fingerprint density at radius 2 is 1.95 bits per heavy atom. The molecule has 20 heavy (non-hydrogen) atoms. The third kappa shape index (κ3) is 2.87. The van der Waals surface area contributed by atoms with Gasteiger partial charge in [-0.1, -0.05) is 38.1 Å². The zero-order chi connectivity index (χ0) is 14.1. The van der Waals surface area contributed by atoms with Crippen LogP contribution in [0.1, 0.15) is 55.5 Å². The fourth-order valence-electron chi connectivity index (χ4n) is 2.48. The van der Waals surface area contributed by atoms with Gasteiger partial charge in [0.1, 0.15) is 0 Å². The number of benzene rings is 1. The Hall–Kier alpha value is -1.77. The summed E-state index contributed by atoms with van der Waals surface area (Å²) in [5.41, 5.74) is 3.79. The van der Waals surface area contributed by atoms with Gasteiger partial charge < -0.3 is 9.88 Å². The molecule has 0 saturated heterocycles. The Bertz CT molecular complexity index is 577. The van der Waals surface area contributed by atoms with Crippen LogP contribution in [-0.2, 0) is 6.54 Å². The average Bonchev–Trinajstić information content (AvgIpc) is 3.20. The van der Waals surface area contributed by atoms with Crippen molar-refractivity contribution in [1.82, 2.24) is 9.55 Å². The molecular formula is C17H23N3. The van der Waals surface area contributed by atoms with E-state index < -0.39 is 0 Å². The molecule has 0 bridgehead atoms. The van der Waals surface area contributed by atoms with Crippen molar-refractivity contribution >= 4 is 5.95 Å². The van der Waals surface area contributed by atoms with Crippen molar-refractivity contribution < 1.29 is 0 Å². The lowest BCUT2D eigenvalue weighted by Gasteiger charge is -2.10. The topological polar surface area (TPSA) is 29.9 Å². The van der Waals surface area contributed by atoms with Crippen LogP contribution >= 0.6 is 0 Å². The van der Waals surface area contributed by atoms with Gasteiger partial charge in [-0.3, -0.25) is 0 Å². The van der Waals surface area contributed by atoms with Gasteiger partial charge in [-0.2, -0.15) is 0 Å². The standard InChI is InChI=1S/C17H23N3/c1-12(2)15-6-4-14(5-7-15)10-18-17-19-13(3)11-20(17)16-8-9-16/h4-7,11-12,16H,8-10H2,1-3H3,(H,18,19). The maximum absolute atomic E-state index is 4.58. The van der Waals surface area contributed by atoms with E-state index in [0.29, 0.717) is 12.0 Å². The maximum Gasteiger partial charge on any atom is 0.203 e. The predicted molar refractivity (Wildman–Crippen MR) is 83.1 cm³/mol. The average molecular weight is 269 g/mol. The summed E-state index contributed by atoms with van der Waals surface area (Å²) in [6.07, 6.45) is 4.73.